The van der Waals surface area contributed by atoms with Gasteiger partial charge in [0.1, 0.15) is 11.6 Å². The first-order valence-corrected chi connectivity index (χ1v) is 12.8. The predicted octanol–water partition coefficient (Wildman–Crippen LogP) is 3.09. The Morgan fingerprint density at radius 2 is 1.79 bits per heavy atom. The number of hydrogen-bond donors (Lipinski definition) is 0. The molecule has 1 fully saturated rings. The summed E-state index contributed by atoms with van der Waals surface area (Å²) in [5, 5.41) is 0. The third kappa shape index (κ3) is 4.26. The lowest BCUT2D eigenvalue weighted by molar-refractivity contribution is 0.122. The lowest BCUT2D eigenvalue weighted by Gasteiger charge is -2.28. The molecule has 3 aromatic rings. The summed E-state index contributed by atoms with van der Waals surface area (Å²) in [6, 6.07) is 14.9. The lowest BCUT2D eigenvalue weighted by Crippen LogP contribution is -2.37. The molecule has 5 rings (SSSR count). The van der Waals surface area contributed by atoms with Gasteiger partial charge in [0.25, 0.3) is 0 Å². The van der Waals surface area contributed by atoms with Crippen LogP contribution in [0, 0.1) is 0 Å². The molecule has 3 heterocycles. The van der Waals surface area contributed by atoms with E-state index in [1.165, 1.54) is 6.26 Å². The minimum atomic E-state index is -3.31. The van der Waals surface area contributed by atoms with Crippen molar-refractivity contribution in [1.82, 2.24) is 9.97 Å². The van der Waals surface area contributed by atoms with Crippen molar-refractivity contribution in [3.05, 3.63) is 54.1 Å². The van der Waals surface area contributed by atoms with E-state index in [1.807, 2.05) is 30.3 Å². The molecule has 2 aromatic carbocycles. The zero-order valence-corrected chi connectivity index (χ0v) is 19.5. The highest BCUT2D eigenvalue weighted by molar-refractivity contribution is 7.90. The number of methoxy groups -OCH3 is 1. The molecule has 2 aliphatic heterocycles. The van der Waals surface area contributed by atoms with Crippen LogP contribution in [0.1, 0.15) is 5.56 Å². The van der Waals surface area contributed by atoms with E-state index >= 15 is 0 Å². The summed E-state index contributed by atoms with van der Waals surface area (Å²) in [6.45, 7) is 3.41. The topological polar surface area (TPSA) is 84.9 Å². The second kappa shape index (κ2) is 8.64. The zero-order valence-electron chi connectivity index (χ0n) is 18.7. The average Bonchev–Trinajstić information content (AvgIpc) is 3.28. The van der Waals surface area contributed by atoms with Gasteiger partial charge < -0.3 is 19.3 Å². The maximum atomic E-state index is 12.1. The monoisotopic (exact) mass is 466 g/mol. The van der Waals surface area contributed by atoms with Gasteiger partial charge in [-0.3, -0.25) is 0 Å². The number of anilines is 3. The molecule has 0 radical (unpaired) electrons. The molecule has 1 aromatic heterocycles. The summed E-state index contributed by atoms with van der Waals surface area (Å²) >= 11 is 0. The molecule has 0 N–H and O–H groups in total. The van der Waals surface area contributed by atoms with Crippen LogP contribution in [0.3, 0.4) is 0 Å². The van der Waals surface area contributed by atoms with E-state index < -0.39 is 9.84 Å². The number of fused-ring (bicyclic) bond motifs is 1. The Morgan fingerprint density at radius 1 is 1.00 bits per heavy atom. The number of sulfone groups is 1. The van der Waals surface area contributed by atoms with Crippen molar-refractivity contribution in [1.29, 1.82) is 0 Å². The fourth-order valence-electron chi connectivity index (χ4n) is 4.29. The maximum absolute atomic E-state index is 12.1. The quantitative estimate of drug-likeness (QED) is 0.567. The zero-order chi connectivity index (χ0) is 23.0. The van der Waals surface area contributed by atoms with E-state index in [1.54, 1.807) is 25.3 Å². The van der Waals surface area contributed by atoms with E-state index in [0.29, 0.717) is 30.6 Å². The molecular weight excluding hydrogens is 440 g/mol. The van der Waals surface area contributed by atoms with Crippen LogP contribution in [0.5, 0.6) is 5.75 Å². The number of ether oxygens (including phenoxy) is 2. The molecule has 0 unspecified atom stereocenters. The molecule has 0 saturated carbocycles. The van der Waals surface area contributed by atoms with E-state index in [9.17, 15) is 8.42 Å². The Kier molecular flexibility index (Phi) is 5.67. The molecule has 33 heavy (non-hydrogen) atoms. The van der Waals surface area contributed by atoms with Crippen molar-refractivity contribution in [3.63, 3.8) is 0 Å². The van der Waals surface area contributed by atoms with Crippen LogP contribution in [0.15, 0.2) is 53.4 Å². The largest absolute Gasteiger partial charge is 0.497 e. The van der Waals surface area contributed by atoms with Gasteiger partial charge in [-0.1, -0.05) is 18.2 Å². The normalized spacial score (nSPS) is 16.1. The highest BCUT2D eigenvalue weighted by Gasteiger charge is 2.29. The second-order valence-electron chi connectivity index (χ2n) is 8.18. The summed E-state index contributed by atoms with van der Waals surface area (Å²) in [6.07, 6.45) is 1.98. The van der Waals surface area contributed by atoms with Crippen molar-refractivity contribution >= 4 is 27.3 Å². The summed E-state index contributed by atoms with van der Waals surface area (Å²) < 4.78 is 35.2. The standard InChI is InChI=1S/C24H26N4O4S/c1-31-19-7-3-5-17(15-19)22-21-9-10-28(18-6-4-8-20(16-18)33(2,29)30)23(21)26-24(25-22)27-11-13-32-14-12-27/h3-8,15-16H,9-14H2,1-2H3. The minimum absolute atomic E-state index is 0.295. The van der Waals surface area contributed by atoms with Crippen LogP contribution < -0.4 is 14.5 Å². The van der Waals surface area contributed by atoms with Gasteiger partial charge in [0.05, 0.1) is 30.9 Å². The first-order chi connectivity index (χ1) is 15.9. The molecule has 8 nitrogen and oxygen atoms in total. The van der Waals surface area contributed by atoms with Crippen molar-refractivity contribution < 1.29 is 17.9 Å². The molecule has 0 aliphatic carbocycles. The Balaban J connectivity index is 1.65. The average molecular weight is 467 g/mol. The van der Waals surface area contributed by atoms with E-state index in [-0.39, 0.29) is 0 Å². The number of aromatic nitrogens is 2. The Hall–Kier alpha value is -3.17. The lowest BCUT2D eigenvalue weighted by atomic mass is 10.1. The number of rotatable bonds is 5. The van der Waals surface area contributed by atoms with Gasteiger partial charge in [-0.25, -0.2) is 13.4 Å². The van der Waals surface area contributed by atoms with Gasteiger partial charge >= 0.3 is 0 Å². The Bertz CT molecular complexity index is 1290. The maximum Gasteiger partial charge on any atom is 0.228 e. The predicted molar refractivity (Wildman–Crippen MR) is 127 cm³/mol. The molecule has 0 bridgehead atoms. The van der Waals surface area contributed by atoms with Gasteiger partial charge in [0.2, 0.25) is 5.95 Å². The highest BCUT2D eigenvalue weighted by Crippen LogP contribution is 2.40. The first-order valence-electron chi connectivity index (χ1n) is 10.9. The number of hydrogen-bond acceptors (Lipinski definition) is 8. The molecule has 1 saturated heterocycles. The van der Waals surface area contributed by atoms with Crippen molar-refractivity contribution in [3.8, 4) is 17.0 Å². The van der Waals surface area contributed by atoms with Gasteiger partial charge in [-0.05, 0) is 36.8 Å². The third-order valence-electron chi connectivity index (χ3n) is 6.01. The van der Waals surface area contributed by atoms with Crippen molar-refractivity contribution in [2.24, 2.45) is 0 Å². The van der Waals surface area contributed by atoms with Crippen LogP contribution in [0.2, 0.25) is 0 Å². The summed E-state index contributed by atoms with van der Waals surface area (Å²) in [5.74, 6) is 2.24. The molecular formula is C24H26N4O4S. The second-order valence-corrected chi connectivity index (χ2v) is 10.2. The molecule has 0 atom stereocenters. The molecule has 0 amide bonds. The van der Waals surface area contributed by atoms with E-state index in [0.717, 1.165) is 53.6 Å². The SMILES string of the molecule is COc1cccc(-c2nc(N3CCOCC3)nc3c2CCN3c2cccc(S(C)(=O)=O)c2)c1. The highest BCUT2D eigenvalue weighted by atomic mass is 32.2. The molecule has 172 valence electrons. The number of nitrogens with zero attached hydrogens (tertiary/aromatic N) is 4. The van der Waals surface area contributed by atoms with Gasteiger partial charge in [0, 0.05) is 42.7 Å². The summed E-state index contributed by atoms with van der Waals surface area (Å²) in [4.78, 5) is 14.5. The third-order valence-corrected chi connectivity index (χ3v) is 7.12. The van der Waals surface area contributed by atoms with Crippen LogP contribution in [-0.2, 0) is 21.0 Å². The smallest absolute Gasteiger partial charge is 0.228 e. The molecule has 2 aliphatic rings. The fourth-order valence-corrected chi connectivity index (χ4v) is 4.95. The van der Waals surface area contributed by atoms with Gasteiger partial charge in [0.15, 0.2) is 9.84 Å². The van der Waals surface area contributed by atoms with Crippen LogP contribution in [0.25, 0.3) is 11.3 Å². The minimum Gasteiger partial charge on any atom is -0.497 e. The van der Waals surface area contributed by atoms with Crippen molar-refractivity contribution in [2.45, 2.75) is 11.3 Å². The summed E-state index contributed by atoms with van der Waals surface area (Å²) in [7, 11) is -1.66. The Labute approximate surface area is 193 Å². The number of morpholine rings is 1. The Morgan fingerprint density at radius 3 is 2.55 bits per heavy atom. The molecule has 0 spiro atoms. The first kappa shape index (κ1) is 21.7. The van der Waals surface area contributed by atoms with Crippen LogP contribution >= 0.6 is 0 Å². The van der Waals surface area contributed by atoms with Gasteiger partial charge in [-0.2, -0.15) is 4.98 Å². The molecule has 9 heteroatoms. The van der Waals surface area contributed by atoms with E-state index in [2.05, 4.69) is 9.80 Å². The number of benzene rings is 2. The van der Waals surface area contributed by atoms with Crippen molar-refractivity contribution in [2.75, 3.05) is 56.0 Å². The summed E-state index contributed by atoms with van der Waals surface area (Å²) in [5.41, 5.74) is 3.70. The van der Waals surface area contributed by atoms with Gasteiger partial charge in [-0.15, -0.1) is 0 Å². The van der Waals surface area contributed by atoms with E-state index in [4.69, 9.17) is 19.4 Å². The van der Waals surface area contributed by atoms with Crippen LogP contribution in [-0.4, -0.2) is 64.6 Å². The fraction of sp³-hybridized carbons (Fsp3) is 0.333. The van der Waals surface area contributed by atoms with Crippen LogP contribution in [0.4, 0.5) is 17.5 Å².